The molecule has 1 aliphatic carbocycles. The van der Waals surface area contributed by atoms with Crippen molar-refractivity contribution in [2.24, 2.45) is 23.5 Å². The number of carboxylic acids is 1. The molecule has 9 nitrogen and oxygen atoms in total. The van der Waals surface area contributed by atoms with Crippen molar-refractivity contribution in [3.05, 3.63) is 0 Å². The number of nitrogens with two attached hydrogens (primary N) is 1. The summed E-state index contributed by atoms with van der Waals surface area (Å²) in [6.07, 6.45) is 8.54. The van der Waals surface area contributed by atoms with Crippen LogP contribution in [-0.4, -0.2) is 76.6 Å². The normalized spacial score (nSPS) is 26.5. The maximum Gasteiger partial charge on any atom is 0.326 e. The van der Waals surface area contributed by atoms with Crippen molar-refractivity contribution < 1.29 is 33.3 Å². The fourth-order valence-electron chi connectivity index (χ4n) is 5.86. The van der Waals surface area contributed by atoms with Crippen LogP contribution in [0.1, 0.15) is 84.5 Å². The minimum absolute atomic E-state index is 0.0174. The van der Waals surface area contributed by atoms with E-state index in [1.54, 1.807) is 13.8 Å². The van der Waals surface area contributed by atoms with Crippen molar-refractivity contribution in [3.8, 4) is 0 Å². The molecule has 12 heteroatoms. The number of hydrogen-bond donors (Lipinski definition) is 2. The van der Waals surface area contributed by atoms with E-state index in [9.17, 15) is 24.1 Å². The van der Waals surface area contributed by atoms with Crippen LogP contribution in [-0.2, 0) is 28.2 Å². The van der Waals surface area contributed by atoms with Crippen LogP contribution in [0.3, 0.4) is 0 Å². The monoisotopic (exact) mass is 606 g/mol. The van der Waals surface area contributed by atoms with Crippen LogP contribution in [0.25, 0.3) is 0 Å². The quantitative estimate of drug-likeness (QED) is 0.0824. The standard InChI is InChI=1S/C27H47N2O7PS2/c1-19(2)27(35-25(31)11-13-28)36-37(34,14-7-6-10-22-12-15-38-39-22)18-24(30)29-17-21(16-23(29)26(32)33)20-8-4-3-5-9-20/h19-23,27H,3-18,28H2,1-2H3,(H,32,33). The van der Waals surface area contributed by atoms with E-state index in [0.717, 1.165) is 44.3 Å². The first-order chi connectivity index (χ1) is 18.6. The molecule has 3 rings (SSSR count). The molecule has 0 radical (unpaired) electrons. The van der Waals surface area contributed by atoms with Crippen molar-refractivity contribution in [3.63, 3.8) is 0 Å². The van der Waals surface area contributed by atoms with Gasteiger partial charge >= 0.3 is 11.9 Å². The highest BCUT2D eigenvalue weighted by Gasteiger charge is 2.44. The zero-order valence-corrected chi connectivity index (χ0v) is 26.0. The lowest BCUT2D eigenvalue weighted by atomic mass is 9.79. The minimum atomic E-state index is -3.59. The molecule has 3 N–H and O–H groups in total. The van der Waals surface area contributed by atoms with Crippen LogP contribution in [0.15, 0.2) is 0 Å². The molecule has 1 saturated carbocycles. The van der Waals surface area contributed by atoms with Crippen molar-refractivity contribution in [1.29, 1.82) is 0 Å². The number of esters is 1. The number of rotatable bonds is 15. The summed E-state index contributed by atoms with van der Waals surface area (Å²) in [5.41, 5.74) is 5.48. The highest BCUT2D eigenvalue weighted by Crippen LogP contribution is 2.51. The molecule has 1 amide bonds. The van der Waals surface area contributed by atoms with E-state index >= 15 is 0 Å². The number of likely N-dealkylation sites (tertiary alicyclic amines) is 1. The van der Waals surface area contributed by atoms with Gasteiger partial charge in [-0.15, -0.1) is 0 Å². The van der Waals surface area contributed by atoms with Gasteiger partial charge in [-0.2, -0.15) is 0 Å². The van der Waals surface area contributed by atoms with Gasteiger partial charge < -0.3 is 20.5 Å². The number of carbonyl (C=O) groups is 3. The molecular weight excluding hydrogens is 559 g/mol. The summed E-state index contributed by atoms with van der Waals surface area (Å²) >= 11 is 0. The first-order valence-electron chi connectivity index (χ1n) is 14.6. The number of nitrogens with zero attached hydrogens (tertiary/aromatic N) is 1. The molecule has 0 bridgehead atoms. The summed E-state index contributed by atoms with van der Waals surface area (Å²) in [5.74, 6) is -0.541. The molecule has 3 fully saturated rings. The first kappa shape index (κ1) is 32.8. The molecule has 2 saturated heterocycles. The van der Waals surface area contributed by atoms with Crippen molar-refractivity contribution in [2.45, 2.75) is 102 Å². The second kappa shape index (κ2) is 16.0. The number of carbonyl (C=O) groups excluding carboxylic acids is 2. The van der Waals surface area contributed by atoms with E-state index in [4.69, 9.17) is 15.0 Å². The van der Waals surface area contributed by atoms with Crippen molar-refractivity contribution >= 4 is 46.8 Å². The number of ether oxygens (including phenoxy) is 1. The van der Waals surface area contributed by atoms with Gasteiger partial charge in [-0.3, -0.25) is 18.7 Å². The van der Waals surface area contributed by atoms with Crippen molar-refractivity contribution in [1.82, 2.24) is 4.90 Å². The Morgan fingerprint density at radius 1 is 1.10 bits per heavy atom. The smallest absolute Gasteiger partial charge is 0.326 e. The van der Waals surface area contributed by atoms with E-state index in [2.05, 4.69) is 0 Å². The third kappa shape index (κ3) is 10.2. The first-order valence-corrected chi connectivity index (χ1v) is 19.0. The van der Waals surface area contributed by atoms with Gasteiger partial charge in [0.25, 0.3) is 0 Å². The molecule has 2 aliphatic heterocycles. The van der Waals surface area contributed by atoms with Crippen LogP contribution in [0.5, 0.6) is 0 Å². The zero-order chi connectivity index (χ0) is 28.4. The average molecular weight is 607 g/mol. The molecule has 2 heterocycles. The Labute approximate surface area is 241 Å². The van der Waals surface area contributed by atoms with E-state index < -0.39 is 37.5 Å². The molecular formula is C27H47N2O7PS2. The largest absolute Gasteiger partial charge is 0.480 e. The van der Waals surface area contributed by atoms with Crippen LogP contribution < -0.4 is 5.73 Å². The van der Waals surface area contributed by atoms with Gasteiger partial charge in [-0.25, -0.2) is 4.79 Å². The molecule has 5 unspecified atom stereocenters. The highest BCUT2D eigenvalue weighted by atomic mass is 33.1. The Balaban J connectivity index is 1.70. The van der Waals surface area contributed by atoms with Crippen molar-refractivity contribution in [2.75, 3.05) is 31.2 Å². The van der Waals surface area contributed by atoms with Crippen LogP contribution in [0.2, 0.25) is 0 Å². The van der Waals surface area contributed by atoms with Gasteiger partial charge in [-0.1, -0.05) is 74.0 Å². The summed E-state index contributed by atoms with van der Waals surface area (Å²) in [4.78, 5) is 39.3. The van der Waals surface area contributed by atoms with Gasteiger partial charge in [0.15, 0.2) is 0 Å². The third-order valence-corrected chi connectivity index (χ3v) is 13.4. The second-order valence-corrected chi connectivity index (χ2v) is 17.0. The molecule has 0 aromatic carbocycles. The third-order valence-electron chi connectivity index (χ3n) is 8.07. The molecule has 3 aliphatic rings. The molecule has 5 atom stereocenters. The van der Waals surface area contributed by atoms with Gasteiger partial charge in [0, 0.05) is 36.2 Å². The van der Waals surface area contributed by atoms with Gasteiger partial charge in [0.2, 0.25) is 19.6 Å². The summed E-state index contributed by atoms with van der Waals surface area (Å²) in [5, 5.41) is 10.5. The second-order valence-electron chi connectivity index (χ2n) is 11.6. The van der Waals surface area contributed by atoms with E-state index in [1.807, 2.05) is 21.6 Å². The topological polar surface area (TPSA) is 136 Å². The summed E-state index contributed by atoms with van der Waals surface area (Å²) in [6.45, 7) is 4.12. The molecule has 39 heavy (non-hydrogen) atoms. The Kier molecular flexibility index (Phi) is 13.5. The van der Waals surface area contributed by atoms with Crippen LogP contribution in [0, 0.1) is 17.8 Å². The summed E-state index contributed by atoms with van der Waals surface area (Å²) in [6, 6.07) is -0.905. The Bertz CT molecular complexity index is 865. The average Bonchev–Trinajstić information content (AvgIpc) is 3.57. The number of amides is 1. The number of hydrogen-bond acceptors (Lipinski definition) is 9. The Morgan fingerprint density at radius 2 is 1.85 bits per heavy atom. The molecule has 0 aromatic heterocycles. The number of unbranched alkanes of at least 4 members (excludes halogenated alkanes) is 1. The van der Waals surface area contributed by atoms with Gasteiger partial charge in [-0.05, 0) is 37.5 Å². The lowest BCUT2D eigenvalue weighted by molar-refractivity contribution is -0.169. The maximum absolute atomic E-state index is 14.2. The minimum Gasteiger partial charge on any atom is -0.480 e. The molecule has 0 spiro atoms. The Hall–Kier alpha value is -0.740. The molecule has 0 aromatic rings. The van der Waals surface area contributed by atoms with Gasteiger partial charge in [0.05, 0.1) is 6.42 Å². The SMILES string of the molecule is CC(C)C(OC(=O)CCN)OP(=O)(CCCCC1CCSS1)CC(=O)N1CC(C2CCCCC2)CC1C(=O)O. The van der Waals surface area contributed by atoms with Crippen LogP contribution in [0.4, 0.5) is 0 Å². The lowest BCUT2D eigenvalue weighted by Crippen LogP contribution is -2.42. The summed E-state index contributed by atoms with van der Waals surface area (Å²) in [7, 11) is 0.197. The highest BCUT2D eigenvalue weighted by molar-refractivity contribution is 8.77. The predicted molar refractivity (Wildman–Crippen MR) is 157 cm³/mol. The predicted octanol–water partition coefficient (Wildman–Crippen LogP) is 5.36. The fraction of sp³-hybridized carbons (Fsp3) is 0.889. The van der Waals surface area contributed by atoms with E-state index in [0.29, 0.717) is 30.6 Å². The molecule has 224 valence electrons. The van der Waals surface area contributed by atoms with E-state index in [1.165, 1.54) is 17.7 Å². The number of aliphatic carboxylic acids is 1. The Morgan fingerprint density at radius 3 is 2.46 bits per heavy atom. The summed E-state index contributed by atoms with van der Waals surface area (Å²) < 4.78 is 25.7. The zero-order valence-electron chi connectivity index (χ0n) is 23.5. The van der Waals surface area contributed by atoms with E-state index in [-0.39, 0.29) is 37.1 Å². The van der Waals surface area contributed by atoms with Gasteiger partial charge in [0.1, 0.15) is 12.2 Å². The lowest BCUT2D eigenvalue weighted by Gasteiger charge is -2.30. The van der Waals surface area contributed by atoms with Crippen LogP contribution >= 0.6 is 29.0 Å². The maximum atomic E-state index is 14.2. The fourth-order valence-corrected chi connectivity index (χ4v) is 11.2. The number of carboxylic acid groups (broad SMARTS) is 1.